The first-order valence-corrected chi connectivity index (χ1v) is 11.2. The van der Waals surface area contributed by atoms with Crippen LogP contribution in [0.5, 0.6) is 0 Å². The molecule has 0 aliphatic carbocycles. The van der Waals surface area contributed by atoms with E-state index in [0.29, 0.717) is 6.04 Å². The standard InChI is InChI=1S/C20H33N7S.HI/c1-4-17(3)23-20(21-8-9-27-16-22-24-19(27)5-2)26-12-10-25(11-13-26)15-18-7-6-14-28-18;/h6-7,14,16-17H,4-5,8-13,15H2,1-3H3,(H,21,23);1H. The Bertz CT molecular complexity index is 723. The van der Waals surface area contributed by atoms with Crippen molar-refractivity contribution in [2.75, 3.05) is 32.7 Å². The number of aromatic nitrogens is 3. The summed E-state index contributed by atoms with van der Waals surface area (Å²) < 4.78 is 2.10. The number of hydrogen-bond acceptors (Lipinski definition) is 5. The molecule has 2 aromatic heterocycles. The van der Waals surface area contributed by atoms with Gasteiger partial charge in [-0.2, -0.15) is 0 Å². The summed E-state index contributed by atoms with van der Waals surface area (Å²) in [6.07, 6.45) is 3.79. The molecular weight excluding hydrogens is 497 g/mol. The Hall–Kier alpha value is -1.20. The minimum Gasteiger partial charge on any atom is -0.354 e. The predicted molar refractivity (Wildman–Crippen MR) is 131 cm³/mol. The zero-order chi connectivity index (χ0) is 19.8. The van der Waals surface area contributed by atoms with Gasteiger partial charge >= 0.3 is 0 Å². The van der Waals surface area contributed by atoms with Gasteiger partial charge in [0.1, 0.15) is 12.2 Å². The summed E-state index contributed by atoms with van der Waals surface area (Å²) in [5, 5.41) is 14.0. The quantitative estimate of drug-likeness (QED) is 0.323. The fourth-order valence-corrected chi connectivity index (χ4v) is 4.05. The second-order valence-electron chi connectivity index (χ2n) is 7.30. The Morgan fingerprint density at radius 1 is 1.28 bits per heavy atom. The molecule has 2 aromatic rings. The number of nitrogens with zero attached hydrogens (tertiary/aromatic N) is 6. The van der Waals surface area contributed by atoms with Gasteiger partial charge in [0, 0.05) is 56.6 Å². The van der Waals surface area contributed by atoms with E-state index in [1.165, 1.54) is 4.88 Å². The molecule has 1 atom stereocenters. The summed E-state index contributed by atoms with van der Waals surface area (Å²) in [5.74, 6) is 2.06. The number of hydrogen-bond donors (Lipinski definition) is 1. The van der Waals surface area contributed by atoms with Gasteiger partial charge in [-0.25, -0.2) is 0 Å². The lowest BCUT2D eigenvalue weighted by atomic mass is 10.2. The Labute approximate surface area is 195 Å². The maximum absolute atomic E-state index is 4.92. The zero-order valence-corrected chi connectivity index (χ0v) is 20.9. The fourth-order valence-electron chi connectivity index (χ4n) is 3.30. The van der Waals surface area contributed by atoms with Crippen LogP contribution >= 0.6 is 35.3 Å². The molecule has 0 radical (unpaired) electrons. The molecule has 1 N–H and O–H groups in total. The minimum absolute atomic E-state index is 0. The third kappa shape index (κ3) is 7.21. The highest BCUT2D eigenvalue weighted by Crippen LogP contribution is 2.13. The maximum Gasteiger partial charge on any atom is 0.194 e. The van der Waals surface area contributed by atoms with Crippen LogP contribution in [0.4, 0.5) is 0 Å². The van der Waals surface area contributed by atoms with Crippen LogP contribution in [-0.4, -0.2) is 69.3 Å². The van der Waals surface area contributed by atoms with Gasteiger partial charge < -0.3 is 14.8 Å². The van der Waals surface area contributed by atoms with Gasteiger partial charge in [-0.3, -0.25) is 9.89 Å². The van der Waals surface area contributed by atoms with Crippen molar-refractivity contribution in [2.45, 2.75) is 52.7 Å². The van der Waals surface area contributed by atoms with E-state index in [1.54, 1.807) is 6.33 Å². The zero-order valence-electron chi connectivity index (χ0n) is 17.8. The maximum atomic E-state index is 4.92. The smallest absolute Gasteiger partial charge is 0.194 e. The van der Waals surface area contributed by atoms with Crippen molar-refractivity contribution in [1.82, 2.24) is 29.9 Å². The van der Waals surface area contributed by atoms with Gasteiger partial charge in [0.25, 0.3) is 0 Å². The van der Waals surface area contributed by atoms with E-state index in [4.69, 9.17) is 4.99 Å². The lowest BCUT2D eigenvalue weighted by Crippen LogP contribution is -2.53. The Kier molecular flexibility index (Phi) is 10.4. The normalized spacial score (nSPS) is 16.5. The minimum atomic E-state index is 0. The van der Waals surface area contributed by atoms with E-state index in [0.717, 1.165) is 70.4 Å². The Balaban J connectivity index is 0.00000300. The van der Waals surface area contributed by atoms with Crippen LogP contribution in [0.1, 0.15) is 37.9 Å². The van der Waals surface area contributed by atoms with Crippen LogP contribution in [0.25, 0.3) is 0 Å². The molecule has 1 fully saturated rings. The Morgan fingerprint density at radius 2 is 2.07 bits per heavy atom. The van der Waals surface area contributed by atoms with E-state index < -0.39 is 0 Å². The second kappa shape index (κ2) is 12.5. The highest BCUT2D eigenvalue weighted by Gasteiger charge is 2.21. The van der Waals surface area contributed by atoms with Gasteiger partial charge in [0.2, 0.25) is 0 Å². The molecule has 0 amide bonds. The molecule has 162 valence electrons. The monoisotopic (exact) mass is 531 g/mol. The number of thiophene rings is 1. The van der Waals surface area contributed by atoms with E-state index >= 15 is 0 Å². The molecule has 7 nitrogen and oxygen atoms in total. The number of guanidine groups is 1. The molecule has 0 bridgehead atoms. The largest absolute Gasteiger partial charge is 0.354 e. The summed E-state index contributed by atoms with van der Waals surface area (Å²) in [6, 6.07) is 4.78. The molecule has 1 saturated heterocycles. The Morgan fingerprint density at radius 3 is 2.72 bits per heavy atom. The third-order valence-electron chi connectivity index (χ3n) is 5.23. The number of rotatable bonds is 8. The lowest BCUT2D eigenvalue weighted by molar-refractivity contribution is 0.173. The van der Waals surface area contributed by atoms with Crippen molar-refractivity contribution >= 4 is 41.3 Å². The molecule has 3 rings (SSSR count). The second-order valence-corrected chi connectivity index (χ2v) is 8.33. The van der Waals surface area contributed by atoms with E-state index in [1.807, 2.05) is 11.3 Å². The van der Waals surface area contributed by atoms with Crippen molar-refractivity contribution in [3.8, 4) is 0 Å². The number of nitrogens with one attached hydrogen (secondary N) is 1. The first-order chi connectivity index (χ1) is 13.7. The van der Waals surface area contributed by atoms with Crippen LogP contribution in [0, 0.1) is 0 Å². The molecule has 0 saturated carbocycles. The first kappa shape index (κ1) is 24.1. The van der Waals surface area contributed by atoms with Crippen LogP contribution in [0.3, 0.4) is 0 Å². The van der Waals surface area contributed by atoms with Gasteiger partial charge in [0.05, 0.1) is 6.54 Å². The van der Waals surface area contributed by atoms with Gasteiger partial charge in [-0.05, 0) is 24.8 Å². The highest BCUT2D eigenvalue weighted by atomic mass is 127. The topological polar surface area (TPSA) is 61.6 Å². The number of piperazine rings is 1. The summed E-state index contributed by atoms with van der Waals surface area (Å²) in [7, 11) is 0. The van der Waals surface area contributed by atoms with Gasteiger partial charge in [-0.15, -0.1) is 45.5 Å². The van der Waals surface area contributed by atoms with Crippen LogP contribution in [-0.2, 0) is 19.5 Å². The summed E-state index contributed by atoms with van der Waals surface area (Å²) in [5.41, 5.74) is 0. The molecule has 9 heteroatoms. The van der Waals surface area contributed by atoms with Crippen molar-refractivity contribution < 1.29 is 0 Å². The molecule has 1 aliphatic heterocycles. The van der Waals surface area contributed by atoms with E-state index in [2.05, 4.69) is 68.2 Å². The molecule has 3 heterocycles. The SMILES string of the molecule is CCc1nncn1CCN=C(NC(C)CC)N1CCN(Cc2cccs2)CC1.I. The van der Waals surface area contributed by atoms with Gasteiger partial charge in [0.15, 0.2) is 5.96 Å². The molecule has 0 spiro atoms. The molecular formula is C20H34IN7S. The summed E-state index contributed by atoms with van der Waals surface area (Å²) >= 11 is 1.84. The van der Waals surface area contributed by atoms with Crippen molar-refractivity contribution in [2.24, 2.45) is 4.99 Å². The van der Waals surface area contributed by atoms with E-state index in [9.17, 15) is 0 Å². The first-order valence-electron chi connectivity index (χ1n) is 10.4. The van der Waals surface area contributed by atoms with Crippen molar-refractivity contribution in [3.05, 3.63) is 34.5 Å². The molecule has 0 aromatic carbocycles. The van der Waals surface area contributed by atoms with Crippen molar-refractivity contribution in [3.63, 3.8) is 0 Å². The molecule has 1 aliphatic rings. The third-order valence-corrected chi connectivity index (χ3v) is 6.09. The summed E-state index contributed by atoms with van der Waals surface area (Å²) in [6.45, 7) is 13.3. The average Bonchev–Trinajstić information content (AvgIpc) is 3.39. The fraction of sp³-hybridized carbons (Fsp3) is 0.650. The lowest BCUT2D eigenvalue weighted by Gasteiger charge is -2.37. The van der Waals surface area contributed by atoms with Crippen LogP contribution in [0.2, 0.25) is 0 Å². The van der Waals surface area contributed by atoms with Crippen LogP contribution in [0.15, 0.2) is 28.8 Å². The van der Waals surface area contributed by atoms with Crippen molar-refractivity contribution in [1.29, 1.82) is 0 Å². The number of aliphatic imine (C=N–C) groups is 1. The average molecular weight is 532 g/mol. The number of halogens is 1. The van der Waals surface area contributed by atoms with Crippen LogP contribution < -0.4 is 5.32 Å². The summed E-state index contributed by atoms with van der Waals surface area (Å²) in [4.78, 5) is 11.3. The van der Waals surface area contributed by atoms with Gasteiger partial charge in [-0.1, -0.05) is 19.9 Å². The predicted octanol–water partition coefficient (Wildman–Crippen LogP) is 3.08. The highest BCUT2D eigenvalue weighted by molar-refractivity contribution is 14.0. The molecule has 29 heavy (non-hydrogen) atoms. The molecule has 1 unspecified atom stereocenters. The number of aryl methyl sites for hydroxylation is 1. The van der Waals surface area contributed by atoms with E-state index in [-0.39, 0.29) is 24.0 Å².